The number of hydrogen-bond acceptors (Lipinski definition) is 3. The SMILES string of the molecule is Cc1ccc(-c2n[nH]c(=S)n2/N=C/c2cccc(C)c2)cc1. The summed E-state index contributed by atoms with van der Waals surface area (Å²) in [5, 5.41) is 11.5. The smallest absolute Gasteiger partial charge is 0.216 e. The van der Waals surface area contributed by atoms with Gasteiger partial charge in [-0.15, -0.1) is 0 Å². The minimum absolute atomic E-state index is 0.472. The predicted octanol–water partition coefficient (Wildman–Crippen LogP) is 4.11. The standard InChI is InChI=1S/C17H16N4S/c1-12-6-8-15(9-7-12)16-19-20-17(22)21(16)18-11-14-5-3-4-13(2)10-14/h3-11H,1-2H3,(H,20,22)/b18-11+. The first-order chi connectivity index (χ1) is 10.6. The molecule has 0 aliphatic heterocycles. The number of rotatable bonds is 3. The number of hydrogen-bond donors (Lipinski definition) is 1. The molecule has 22 heavy (non-hydrogen) atoms. The van der Waals surface area contributed by atoms with Gasteiger partial charge in [0, 0.05) is 5.56 Å². The number of benzene rings is 2. The highest BCUT2D eigenvalue weighted by Crippen LogP contribution is 2.17. The highest BCUT2D eigenvalue weighted by Gasteiger charge is 2.07. The number of aromatic nitrogens is 3. The van der Waals surface area contributed by atoms with Crippen LogP contribution in [0.15, 0.2) is 53.6 Å². The summed E-state index contributed by atoms with van der Waals surface area (Å²) in [6.45, 7) is 4.11. The number of nitrogens with zero attached hydrogens (tertiary/aromatic N) is 3. The van der Waals surface area contributed by atoms with Gasteiger partial charge in [-0.2, -0.15) is 14.9 Å². The van der Waals surface area contributed by atoms with Gasteiger partial charge in [0.1, 0.15) is 0 Å². The molecule has 3 aromatic rings. The van der Waals surface area contributed by atoms with Crippen molar-refractivity contribution in [2.24, 2.45) is 5.10 Å². The van der Waals surface area contributed by atoms with Gasteiger partial charge in [0.2, 0.25) is 4.77 Å². The largest absolute Gasteiger partial charge is 0.250 e. The van der Waals surface area contributed by atoms with E-state index in [0.29, 0.717) is 10.6 Å². The molecule has 0 fully saturated rings. The van der Waals surface area contributed by atoms with Crippen molar-refractivity contribution in [2.75, 3.05) is 0 Å². The molecule has 0 aliphatic rings. The molecule has 110 valence electrons. The molecule has 3 rings (SSSR count). The van der Waals surface area contributed by atoms with E-state index in [9.17, 15) is 0 Å². The van der Waals surface area contributed by atoms with Crippen molar-refractivity contribution < 1.29 is 0 Å². The first-order valence-corrected chi connectivity index (χ1v) is 7.40. The third-order valence-electron chi connectivity index (χ3n) is 3.32. The summed E-state index contributed by atoms with van der Waals surface area (Å²) < 4.78 is 2.11. The van der Waals surface area contributed by atoms with Crippen LogP contribution in [0.25, 0.3) is 11.4 Å². The minimum atomic E-state index is 0.472. The van der Waals surface area contributed by atoms with Gasteiger partial charge in [-0.05, 0) is 31.6 Å². The van der Waals surface area contributed by atoms with Gasteiger partial charge in [-0.1, -0.05) is 59.7 Å². The molecule has 4 nitrogen and oxygen atoms in total. The topological polar surface area (TPSA) is 46.0 Å². The van der Waals surface area contributed by atoms with Crippen LogP contribution in [0.5, 0.6) is 0 Å². The first-order valence-electron chi connectivity index (χ1n) is 6.99. The molecule has 0 bridgehead atoms. The van der Waals surface area contributed by atoms with Gasteiger partial charge in [0.15, 0.2) is 5.82 Å². The van der Waals surface area contributed by atoms with Crippen LogP contribution >= 0.6 is 12.2 Å². The van der Waals surface area contributed by atoms with Gasteiger partial charge in [0.25, 0.3) is 0 Å². The van der Waals surface area contributed by atoms with Gasteiger partial charge in [-0.25, -0.2) is 5.10 Å². The fourth-order valence-electron chi connectivity index (χ4n) is 2.16. The van der Waals surface area contributed by atoms with Crippen LogP contribution in [0, 0.1) is 18.6 Å². The van der Waals surface area contributed by atoms with Crippen molar-refractivity contribution in [3.05, 3.63) is 70.0 Å². The third kappa shape index (κ3) is 3.04. The molecular formula is C17H16N4S. The lowest BCUT2D eigenvalue weighted by Gasteiger charge is -2.02. The Morgan fingerprint density at radius 1 is 1.09 bits per heavy atom. The zero-order valence-corrected chi connectivity index (χ0v) is 13.3. The lowest BCUT2D eigenvalue weighted by molar-refractivity contribution is 0.871. The molecule has 0 unspecified atom stereocenters. The van der Waals surface area contributed by atoms with Crippen LogP contribution in [-0.4, -0.2) is 21.1 Å². The maximum Gasteiger partial charge on any atom is 0.216 e. The molecule has 0 spiro atoms. The molecule has 5 heteroatoms. The molecule has 2 aromatic carbocycles. The molecule has 0 aliphatic carbocycles. The summed E-state index contributed by atoms with van der Waals surface area (Å²) in [7, 11) is 0. The molecule has 0 radical (unpaired) electrons. The molecular weight excluding hydrogens is 292 g/mol. The first kappa shape index (κ1) is 14.4. The summed E-state index contributed by atoms with van der Waals surface area (Å²) in [4.78, 5) is 0. The van der Waals surface area contributed by atoms with Gasteiger partial charge in [0.05, 0.1) is 6.21 Å². The average Bonchev–Trinajstić information content (AvgIpc) is 2.87. The van der Waals surface area contributed by atoms with Crippen LogP contribution in [0.3, 0.4) is 0 Å². The van der Waals surface area contributed by atoms with Crippen LogP contribution < -0.4 is 0 Å². The predicted molar refractivity (Wildman–Crippen MR) is 91.8 cm³/mol. The van der Waals surface area contributed by atoms with E-state index in [2.05, 4.69) is 41.3 Å². The van der Waals surface area contributed by atoms with Crippen LogP contribution in [0.4, 0.5) is 0 Å². The second-order valence-corrected chi connectivity index (χ2v) is 5.58. The minimum Gasteiger partial charge on any atom is -0.250 e. The highest BCUT2D eigenvalue weighted by atomic mass is 32.1. The second-order valence-electron chi connectivity index (χ2n) is 5.19. The Morgan fingerprint density at radius 2 is 1.86 bits per heavy atom. The lowest BCUT2D eigenvalue weighted by Crippen LogP contribution is -1.95. The molecule has 0 atom stereocenters. The van der Waals surface area contributed by atoms with E-state index in [1.54, 1.807) is 10.9 Å². The third-order valence-corrected chi connectivity index (χ3v) is 3.59. The van der Waals surface area contributed by atoms with Crippen LogP contribution in [-0.2, 0) is 0 Å². The Kier molecular flexibility index (Phi) is 3.98. The maximum absolute atomic E-state index is 5.27. The summed E-state index contributed by atoms with van der Waals surface area (Å²) in [6, 6.07) is 16.2. The summed E-state index contributed by atoms with van der Waals surface area (Å²) in [6.07, 6.45) is 1.79. The number of aryl methyl sites for hydroxylation is 2. The normalized spacial score (nSPS) is 11.2. The van der Waals surface area contributed by atoms with E-state index in [0.717, 1.165) is 11.1 Å². The van der Waals surface area contributed by atoms with E-state index < -0.39 is 0 Å². The van der Waals surface area contributed by atoms with Crippen molar-refractivity contribution in [3.8, 4) is 11.4 Å². The zero-order valence-electron chi connectivity index (χ0n) is 12.4. The van der Waals surface area contributed by atoms with E-state index in [-0.39, 0.29) is 0 Å². The second kappa shape index (κ2) is 6.07. The Hall–Kier alpha value is -2.53. The van der Waals surface area contributed by atoms with Crippen molar-refractivity contribution in [1.82, 2.24) is 14.9 Å². The summed E-state index contributed by atoms with van der Waals surface area (Å²) in [5.41, 5.74) is 4.39. The molecule has 0 saturated heterocycles. The number of aromatic amines is 1. The molecule has 0 amide bonds. The van der Waals surface area contributed by atoms with Crippen molar-refractivity contribution in [3.63, 3.8) is 0 Å². The molecule has 1 N–H and O–H groups in total. The molecule has 1 aromatic heterocycles. The van der Waals surface area contributed by atoms with Crippen molar-refractivity contribution >= 4 is 18.4 Å². The fourth-order valence-corrected chi connectivity index (χ4v) is 2.34. The molecule has 1 heterocycles. The van der Waals surface area contributed by atoms with Crippen molar-refractivity contribution in [2.45, 2.75) is 13.8 Å². The van der Waals surface area contributed by atoms with Gasteiger partial charge >= 0.3 is 0 Å². The van der Waals surface area contributed by atoms with E-state index in [4.69, 9.17) is 12.2 Å². The Morgan fingerprint density at radius 3 is 2.59 bits per heavy atom. The zero-order chi connectivity index (χ0) is 15.5. The Labute approximate surface area is 134 Å². The van der Waals surface area contributed by atoms with Crippen LogP contribution in [0.1, 0.15) is 16.7 Å². The number of H-pyrrole nitrogens is 1. The van der Waals surface area contributed by atoms with E-state index in [1.165, 1.54) is 11.1 Å². The van der Waals surface area contributed by atoms with E-state index in [1.807, 2.05) is 36.4 Å². The maximum atomic E-state index is 5.27. The highest BCUT2D eigenvalue weighted by molar-refractivity contribution is 7.71. The van der Waals surface area contributed by atoms with E-state index >= 15 is 0 Å². The summed E-state index contributed by atoms with van der Waals surface area (Å²) >= 11 is 5.27. The lowest BCUT2D eigenvalue weighted by atomic mass is 10.1. The van der Waals surface area contributed by atoms with Gasteiger partial charge in [-0.3, -0.25) is 0 Å². The summed E-state index contributed by atoms with van der Waals surface area (Å²) in [5.74, 6) is 0.703. The monoisotopic (exact) mass is 308 g/mol. The Bertz CT molecular complexity index is 872. The average molecular weight is 308 g/mol. The Balaban J connectivity index is 1.99. The van der Waals surface area contributed by atoms with Crippen LogP contribution in [0.2, 0.25) is 0 Å². The fraction of sp³-hybridized carbons (Fsp3) is 0.118. The number of nitrogens with one attached hydrogen (secondary N) is 1. The van der Waals surface area contributed by atoms with Gasteiger partial charge < -0.3 is 0 Å². The quantitative estimate of drug-likeness (QED) is 0.584. The molecule has 0 saturated carbocycles. The van der Waals surface area contributed by atoms with Crippen molar-refractivity contribution in [1.29, 1.82) is 0 Å².